The third-order valence-electron chi connectivity index (χ3n) is 4.67. The van der Waals surface area contributed by atoms with Gasteiger partial charge in [0.15, 0.2) is 5.65 Å². The Morgan fingerprint density at radius 3 is 2.64 bits per heavy atom. The number of carbonyl (C=O) groups is 2. The van der Waals surface area contributed by atoms with Crippen LogP contribution in [0.4, 0.5) is 5.69 Å². The van der Waals surface area contributed by atoms with Crippen molar-refractivity contribution in [2.75, 3.05) is 5.32 Å². The molecule has 3 N–H and O–H groups in total. The first-order chi connectivity index (χ1) is 13.2. The van der Waals surface area contributed by atoms with Crippen LogP contribution in [0.5, 0.6) is 0 Å². The van der Waals surface area contributed by atoms with Crippen molar-refractivity contribution in [3.63, 3.8) is 0 Å². The second-order valence-electron chi connectivity index (χ2n) is 7.28. The fourth-order valence-electron chi connectivity index (χ4n) is 2.59. The molecule has 0 aliphatic rings. The molecule has 3 rings (SSSR count). The maximum atomic E-state index is 12.5. The molecular weight excluding hydrogens is 378 g/mol. The highest BCUT2D eigenvalue weighted by molar-refractivity contribution is 6.34. The van der Waals surface area contributed by atoms with Gasteiger partial charge in [-0.25, -0.2) is 4.98 Å². The van der Waals surface area contributed by atoms with Crippen molar-refractivity contribution in [3.8, 4) is 0 Å². The number of anilines is 1. The standard InChI is InChI=1S/C20H22ClN5O2/c1-5-20(3,4)24-19(28)14-7-6-13(9-16(14)21)23-18(27)12-8-15-11(2)25-26-17(15)22-10-12/h6-10H,5H2,1-4H3,(H,23,27)(H,24,28)(H,22,25,26). The Morgan fingerprint density at radius 2 is 1.96 bits per heavy atom. The number of nitrogens with zero attached hydrogens (tertiary/aromatic N) is 2. The molecule has 2 aromatic heterocycles. The van der Waals surface area contributed by atoms with Crippen molar-refractivity contribution in [1.82, 2.24) is 20.5 Å². The van der Waals surface area contributed by atoms with Gasteiger partial charge in [-0.3, -0.25) is 14.7 Å². The van der Waals surface area contributed by atoms with Gasteiger partial charge in [0, 0.05) is 28.5 Å². The highest BCUT2D eigenvalue weighted by atomic mass is 35.5. The molecule has 0 radical (unpaired) electrons. The summed E-state index contributed by atoms with van der Waals surface area (Å²) in [6.45, 7) is 7.75. The van der Waals surface area contributed by atoms with Gasteiger partial charge in [-0.15, -0.1) is 0 Å². The van der Waals surface area contributed by atoms with Crippen molar-refractivity contribution in [3.05, 3.63) is 52.3 Å². The monoisotopic (exact) mass is 399 g/mol. The summed E-state index contributed by atoms with van der Waals surface area (Å²) in [7, 11) is 0. The summed E-state index contributed by atoms with van der Waals surface area (Å²) < 4.78 is 0. The van der Waals surface area contributed by atoms with Gasteiger partial charge in [-0.1, -0.05) is 18.5 Å². The number of nitrogens with one attached hydrogen (secondary N) is 3. The molecule has 0 saturated heterocycles. The lowest BCUT2D eigenvalue weighted by molar-refractivity contribution is 0.0911. The van der Waals surface area contributed by atoms with E-state index in [4.69, 9.17) is 11.6 Å². The Kier molecular flexibility index (Phi) is 5.38. The minimum Gasteiger partial charge on any atom is -0.347 e. The van der Waals surface area contributed by atoms with Crippen molar-refractivity contribution in [2.45, 2.75) is 39.7 Å². The Bertz CT molecular complexity index is 1060. The first-order valence-corrected chi connectivity index (χ1v) is 9.32. The Morgan fingerprint density at radius 1 is 1.21 bits per heavy atom. The van der Waals surface area contributed by atoms with E-state index in [9.17, 15) is 9.59 Å². The lowest BCUT2D eigenvalue weighted by atomic mass is 10.0. The molecule has 0 saturated carbocycles. The van der Waals surface area contributed by atoms with Gasteiger partial charge >= 0.3 is 0 Å². The van der Waals surface area contributed by atoms with E-state index in [0.29, 0.717) is 22.5 Å². The van der Waals surface area contributed by atoms with E-state index in [1.165, 1.54) is 6.20 Å². The number of hydrogen-bond donors (Lipinski definition) is 3. The molecule has 2 heterocycles. The zero-order valence-electron chi connectivity index (χ0n) is 16.2. The van der Waals surface area contributed by atoms with Crippen LogP contribution in [-0.2, 0) is 0 Å². The summed E-state index contributed by atoms with van der Waals surface area (Å²) in [5.74, 6) is -0.574. The fraction of sp³-hybridized carbons (Fsp3) is 0.300. The van der Waals surface area contributed by atoms with Crippen LogP contribution < -0.4 is 10.6 Å². The lowest BCUT2D eigenvalue weighted by Gasteiger charge is -2.24. The first kappa shape index (κ1) is 19.8. The van der Waals surface area contributed by atoms with E-state index < -0.39 is 0 Å². The zero-order chi connectivity index (χ0) is 20.5. The number of aromatic nitrogens is 3. The van der Waals surface area contributed by atoms with E-state index in [-0.39, 0.29) is 22.4 Å². The molecule has 0 atom stereocenters. The molecule has 1 aromatic carbocycles. The summed E-state index contributed by atoms with van der Waals surface area (Å²) in [4.78, 5) is 29.1. The largest absolute Gasteiger partial charge is 0.347 e. The summed E-state index contributed by atoms with van der Waals surface area (Å²) >= 11 is 6.27. The molecule has 8 heteroatoms. The summed E-state index contributed by atoms with van der Waals surface area (Å²) in [5, 5.41) is 13.7. The van der Waals surface area contributed by atoms with Gasteiger partial charge in [0.25, 0.3) is 11.8 Å². The van der Waals surface area contributed by atoms with Crippen molar-refractivity contribution >= 4 is 40.1 Å². The third kappa shape index (κ3) is 4.14. The predicted molar refractivity (Wildman–Crippen MR) is 110 cm³/mol. The molecule has 28 heavy (non-hydrogen) atoms. The van der Waals surface area contributed by atoms with Crippen LogP contribution in [-0.4, -0.2) is 32.5 Å². The molecule has 0 bridgehead atoms. The number of H-pyrrole nitrogens is 1. The second kappa shape index (κ2) is 7.59. The van der Waals surface area contributed by atoms with Crippen LogP contribution in [0.1, 0.15) is 53.6 Å². The maximum Gasteiger partial charge on any atom is 0.257 e. The van der Waals surface area contributed by atoms with Crippen molar-refractivity contribution in [1.29, 1.82) is 0 Å². The topological polar surface area (TPSA) is 99.8 Å². The number of benzene rings is 1. The van der Waals surface area contributed by atoms with E-state index in [1.807, 2.05) is 27.7 Å². The lowest BCUT2D eigenvalue weighted by Crippen LogP contribution is -2.42. The normalized spacial score (nSPS) is 11.5. The van der Waals surface area contributed by atoms with Crippen LogP contribution >= 0.6 is 11.6 Å². The van der Waals surface area contributed by atoms with Crippen molar-refractivity contribution < 1.29 is 9.59 Å². The number of aromatic amines is 1. The average Bonchev–Trinajstić information content (AvgIpc) is 3.02. The Balaban J connectivity index is 1.77. The Hall–Kier alpha value is -2.93. The molecule has 2 amide bonds. The van der Waals surface area contributed by atoms with Crippen LogP contribution in [0.15, 0.2) is 30.5 Å². The van der Waals surface area contributed by atoms with Gasteiger partial charge in [0.1, 0.15) is 0 Å². The minimum atomic E-state index is -0.329. The van der Waals surface area contributed by atoms with E-state index >= 15 is 0 Å². The van der Waals surface area contributed by atoms with Gasteiger partial charge < -0.3 is 10.6 Å². The smallest absolute Gasteiger partial charge is 0.257 e. The van der Waals surface area contributed by atoms with Crippen LogP contribution in [0.3, 0.4) is 0 Å². The van der Waals surface area contributed by atoms with Crippen molar-refractivity contribution in [2.24, 2.45) is 0 Å². The number of rotatable bonds is 5. The summed E-state index contributed by atoms with van der Waals surface area (Å²) in [5.41, 5.74) is 2.32. The van der Waals surface area contributed by atoms with Gasteiger partial charge in [0.05, 0.1) is 16.1 Å². The number of halogens is 1. The van der Waals surface area contributed by atoms with Crippen LogP contribution in [0.2, 0.25) is 5.02 Å². The highest BCUT2D eigenvalue weighted by Crippen LogP contribution is 2.23. The first-order valence-electron chi connectivity index (χ1n) is 8.94. The quantitative estimate of drug-likeness (QED) is 0.601. The fourth-order valence-corrected chi connectivity index (χ4v) is 2.85. The summed E-state index contributed by atoms with van der Waals surface area (Å²) in [6, 6.07) is 6.53. The molecular formula is C20H22ClN5O2. The van der Waals surface area contributed by atoms with Gasteiger partial charge in [-0.2, -0.15) is 5.10 Å². The van der Waals surface area contributed by atoms with Crippen LogP contribution in [0.25, 0.3) is 11.0 Å². The third-order valence-corrected chi connectivity index (χ3v) is 4.98. The Labute approximate surface area is 167 Å². The number of aryl methyl sites for hydroxylation is 1. The van der Waals surface area contributed by atoms with E-state index in [0.717, 1.165) is 17.5 Å². The molecule has 3 aromatic rings. The molecule has 7 nitrogen and oxygen atoms in total. The number of carbonyl (C=O) groups excluding carboxylic acids is 2. The van der Waals surface area contributed by atoms with Gasteiger partial charge in [-0.05, 0) is 51.5 Å². The number of amides is 2. The molecule has 0 spiro atoms. The van der Waals surface area contributed by atoms with Crippen LogP contribution in [0, 0.1) is 6.92 Å². The molecule has 0 aliphatic heterocycles. The number of hydrogen-bond acceptors (Lipinski definition) is 4. The predicted octanol–water partition coefficient (Wildman–Crippen LogP) is 4.09. The summed E-state index contributed by atoms with van der Waals surface area (Å²) in [6.07, 6.45) is 2.26. The second-order valence-corrected chi connectivity index (χ2v) is 7.69. The van der Waals surface area contributed by atoms with E-state index in [2.05, 4.69) is 25.8 Å². The zero-order valence-corrected chi connectivity index (χ0v) is 16.9. The maximum absolute atomic E-state index is 12.5. The number of pyridine rings is 1. The van der Waals surface area contributed by atoms with Gasteiger partial charge in [0.2, 0.25) is 0 Å². The minimum absolute atomic E-state index is 0.250. The number of fused-ring (bicyclic) bond motifs is 1. The molecule has 0 aliphatic carbocycles. The molecule has 146 valence electrons. The average molecular weight is 400 g/mol. The molecule has 0 unspecified atom stereocenters. The highest BCUT2D eigenvalue weighted by Gasteiger charge is 2.21. The molecule has 0 fully saturated rings. The van der Waals surface area contributed by atoms with E-state index in [1.54, 1.807) is 24.3 Å². The SMILES string of the molecule is CCC(C)(C)NC(=O)c1ccc(NC(=O)c2cnc3n[nH]c(C)c3c2)cc1Cl.